The highest BCUT2D eigenvalue weighted by Gasteiger charge is 2.23. The molecule has 92 valence electrons. The fourth-order valence-electron chi connectivity index (χ4n) is 1.26. The maximum Gasteiger partial charge on any atom is 0.260 e. The molecule has 0 spiro atoms. The van der Waals surface area contributed by atoms with Crippen molar-refractivity contribution in [3.63, 3.8) is 0 Å². The SMILES string of the molecule is Cn1nnc(Br)c1S(=O)(=O)NCc1cccs1. The zero-order chi connectivity index (χ0) is 12.5. The third kappa shape index (κ3) is 2.73. The lowest BCUT2D eigenvalue weighted by Gasteiger charge is -2.05. The van der Waals surface area contributed by atoms with Crippen LogP contribution in [0.5, 0.6) is 0 Å². The average Bonchev–Trinajstić information content (AvgIpc) is 2.86. The lowest BCUT2D eigenvalue weighted by molar-refractivity contribution is 0.560. The number of halogens is 1. The predicted octanol–water partition coefficient (Wildman–Crippen LogP) is 1.12. The zero-order valence-corrected chi connectivity index (χ0v) is 12.0. The molecule has 2 aromatic heterocycles. The van der Waals surface area contributed by atoms with Gasteiger partial charge in [0.1, 0.15) is 0 Å². The van der Waals surface area contributed by atoms with Gasteiger partial charge in [-0.05, 0) is 27.4 Å². The van der Waals surface area contributed by atoms with E-state index in [0.29, 0.717) is 0 Å². The normalized spacial score (nSPS) is 11.9. The van der Waals surface area contributed by atoms with Crippen molar-refractivity contribution in [2.45, 2.75) is 11.6 Å². The van der Waals surface area contributed by atoms with Crippen molar-refractivity contribution in [2.24, 2.45) is 7.05 Å². The van der Waals surface area contributed by atoms with Crippen LogP contribution in [-0.4, -0.2) is 23.4 Å². The van der Waals surface area contributed by atoms with E-state index in [0.717, 1.165) is 4.88 Å². The lowest BCUT2D eigenvalue weighted by Crippen LogP contribution is -2.25. The van der Waals surface area contributed by atoms with Crippen LogP contribution in [0.2, 0.25) is 0 Å². The first kappa shape index (κ1) is 12.7. The van der Waals surface area contributed by atoms with Crippen LogP contribution in [0.1, 0.15) is 4.88 Å². The van der Waals surface area contributed by atoms with Crippen LogP contribution in [-0.2, 0) is 23.6 Å². The van der Waals surface area contributed by atoms with E-state index in [1.165, 1.54) is 23.1 Å². The van der Waals surface area contributed by atoms with Crippen molar-refractivity contribution < 1.29 is 8.42 Å². The molecule has 2 aromatic rings. The van der Waals surface area contributed by atoms with Crippen LogP contribution >= 0.6 is 27.3 Å². The lowest BCUT2D eigenvalue weighted by atomic mass is 10.5. The quantitative estimate of drug-likeness (QED) is 0.907. The van der Waals surface area contributed by atoms with E-state index in [1.807, 2.05) is 17.5 Å². The van der Waals surface area contributed by atoms with E-state index < -0.39 is 10.0 Å². The maximum atomic E-state index is 12.0. The molecular weight excluding hydrogens is 328 g/mol. The molecule has 1 N–H and O–H groups in total. The summed E-state index contributed by atoms with van der Waals surface area (Å²) in [5, 5.41) is 9.19. The van der Waals surface area contributed by atoms with Crippen molar-refractivity contribution in [2.75, 3.05) is 0 Å². The van der Waals surface area contributed by atoms with Crippen molar-refractivity contribution in [3.05, 3.63) is 27.0 Å². The van der Waals surface area contributed by atoms with Gasteiger partial charge >= 0.3 is 0 Å². The molecule has 0 saturated heterocycles. The van der Waals surface area contributed by atoms with Gasteiger partial charge in [0.15, 0.2) is 4.60 Å². The monoisotopic (exact) mass is 336 g/mol. The molecule has 0 amide bonds. The number of aromatic nitrogens is 3. The number of nitrogens with one attached hydrogen (secondary N) is 1. The molecule has 0 radical (unpaired) electrons. The Balaban J connectivity index is 2.20. The summed E-state index contributed by atoms with van der Waals surface area (Å²) in [5.74, 6) is 0. The highest BCUT2D eigenvalue weighted by Crippen LogP contribution is 2.18. The average molecular weight is 337 g/mol. The highest BCUT2D eigenvalue weighted by molar-refractivity contribution is 9.10. The number of thiophene rings is 1. The van der Waals surface area contributed by atoms with Crippen LogP contribution in [0.4, 0.5) is 0 Å². The van der Waals surface area contributed by atoms with E-state index in [2.05, 4.69) is 31.0 Å². The van der Waals surface area contributed by atoms with Gasteiger partial charge in [-0.3, -0.25) is 0 Å². The van der Waals surface area contributed by atoms with Crippen molar-refractivity contribution >= 4 is 37.3 Å². The van der Waals surface area contributed by atoms with E-state index in [9.17, 15) is 8.42 Å². The summed E-state index contributed by atoms with van der Waals surface area (Å²) in [6.07, 6.45) is 0. The number of hydrogen-bond acceptors (Lipinski definition) is 5. The summed E-state index contributed by atoms with van der Waals surface area (Å²) in [6, 6.07) is 3.74. The van der Waals surface area contributed by atoms with E-state index >= 15 is 0 Å². The minimum absolute atomic E-state index is 0.0223. The van der Waals surface area contributed by atoms with Crippen LogP contribution < -0.4 is 4.72 Å². The van der Waals surface area contributed by atoms with Crippen molar-refractivity contribution in [1.29, 1.82) is 0 Å². The van der Waals surface area contributed by atoms with Gasteiger partial charge in [0.2, 0.25) is 5.03 Å². The molecule has 0 fully saturated rings. The molecular formula is C8H9BrN4O2S2. The summed E-state index contributed by atoms with van der Waals surface area (Å²) in [6.45, 7) is 0.262. The molecule has 0 bridgehead atoms. The minimum atomic E-state index is -3.61. The number of sulfonamides is 1. The molecule has 0 aromatic carbocycles. The van der Waals surface area contributed by atoms with Crippen molar-refractivity contribution in [1.82, 2.24) is 19.7 Å². The highest BCUT2D eigenvalue weighted by atomic mass is 79.9. The van der Waals surface area contributed by atoms with Gasteiger partial charge in [0, 0.05) is 18.5 Å². The van der Waals surface area contributed by atoms with Gasteiger partial charge < -0.3 is 0 Å². The fourth-order valence-corrected chi connectivity index (χ4v) is 4.09. The zero-order valence-electron chi connectivity index (χ0n) is 8.79. The van der Waals surface area contributed by atoms with Crippen LogP contribution in [0, 0.1) is 0 Å². The number of nitrogens with zero attached hydrogens (tertiary/aromatic N) is 3. The Morgan fingerprint density at radius 3 is 2.88 bits per heavy atom. The second kappa shape index (κ2) is 4.84. The summed E-state index contributed by atoms with van der Waals surface area (Å²) >= 11 is 4.55. The van der Waals surface area contributed by atoms with Gasteiger partial charge in [0.25, 0.3) is 10.0 Å². The van der Waals surface area contributed by atoms with Gasteiger partial charge in [-0.2, -0.15) is 0 Å². The van der Waals surface area contributed by atoms with Gasteiger partial charge in [-0.15, -0.1) is 16.4 Å². The molecule has 0 aliphatic rings. The first-order chi connectivity index (χ1) is 8.00. The summed E-state index contributed by atoms with van der Waals surface area (Å²) < 4.78 is 27.9. The molecule has 2 rings (SSSR count). The first-order valence-corrected chi connectivity index (χ1v) is 7.73. The molecule has 9 heteroatoms. The minimum Gasteiger partial charge on any atom is -0.235 e. The van der Waals surface area contributed by atoms with Crippen LogP contribution in [0.15, 0.2) is 27.1 Å². The Morgan fingerprint density at radius 1 is 1.59 bits per heavy atom. The first-order valence-electron chi connectivity index (χ1n) is 4.58. The van der Waals surface area contributed by atoms with Gasteiger partial charge in [0.05, 0.1) is 0 Å². The summed E-state index contributed by atoms with van der Waals surface area (Å²) in [4.78, 5) is 0.944. The molecule has 0 aliphatic heterocycles. The summed E-state index contributed by atoms with van der Waals surface area (Å²) in [7, 11) is -2.08. The molecule has 2 heterocycles. The van der Waals surface area contributed by atoms with Gasteiger partial charge in [-0.1, -0.05) is 11.3 Å². The maximum absolute atomic E-state index is 12.0. The van der Waals surface area contributed by atoms with E-state index in [1.54, 1.807) is 0 Å². The Hall–Kier alpha value is -0.770. The molecule has 0 aliphatic carbocycles. The number of rotatable bonds is 4. The largest absolute Gasteiger partial charge is 0.260 e. The van der Waals surface area contributed by atoms with E-state index in [-0.39, 0.29) is 16.2 Å². The predicted molar refractivity (Wildman–Crippen MR) is 67.0 cm³/mol. The Kier molecular flexibility index (Phi) is 3.61. The summed E-state index contributed by atoms with van der Waals surface area (Å²) in [5.41, 5.74) is 0. The smallest absolute Gasteiger partial charge is 0.235 e. The standard InChI is InChI=1S/C8H9BrN4O2S2/c1-13-8(7(9)11-12-13)17(14,15)10-5-6-3-2-4-16-6/h2-4,10H,5H2,1H3. The number of hydrogen-bond donors (Lipinski definition) is 1. The Labute approximate surface area is 111 Å². The molecule has 6 nitrogen and oxygen atoms in total. The fraction of sp³-hybridized carbons (Fsp3) is 0.250. The topological polar surface area (TPSA) is 76.9 Å². The van der Waals surface area contributed by atoms with Crippen LogP contribution in [0.25, 0.3) is 0 Å². The molecule has 0 unspecified atom stereocenters. The molecule has 0 saturated carbocycles. The molecule has 17 heavy (non-hydrogen) atoms. The number of aryl methyl sites for hydroxylation is 1. The third-order valence-electron chi connectivity index (χ3n) is 2.01. The van der Waals surface area contributed by atoms with Crippen LogP contribution in [0.3, 0.4) is 0 Å². The van der Waals surface area contributed by atoms with Gasteiger partial charge in [-0.25, -0.2) is 17.8 Å². The Bertz CT molecular complexity index is 586. The molecule has 0 atom stereocenters. The Morgan fingerprint density at radius 2 is 2.35 bits per heavy atom. The second-order valence-corrected chi connectivity index (χ2v) is 6.68. The third-order valence-corrected chi connectivity index (χ3v) is 5.17. The van der Waals surface area contributed by atoms with Crippen molar-refractivity contribution in [3.8, 4) is 0 Å². The van der Waals surface area contributed by atoms with E-state index in [4.69, 9.17) is 0 Å². The second-order valence-electron chi connectivity index (χ2n) is 3.21.